The molecule has 12 nitrogen and oxygen atoms in total. The zero-order valence-electron chi connectivity index (χ0n) is 22.2. The smallest absolute Gasteiger partial charge is 0.408 e. The lowest BCUT2D eigenvalue weighted by Gasteiger charge is -2.22. The molecule has 0 saturated heterocycles. The number of alkyl carbamates (subject to hydrolysis) is 1. The average molecular weight is 593 g/mol. The Morgan fingerprint density at radius 1 is 1.20 bits per heavy atom. The van der Waals surface area contributed by atoms with E-state index in [2.05, 4.69) is 30.3 Å². The Labute approximate surface area is 234 Å². The average Bonchev–Trinajstić information content (AvgIpc) is 3.64. The molecule has 15 heteroatoms. The number of carbonyl (C=O) groups excluding carboxylic acids is 2. The number of nitrogens with zero attached hydrogens (tertiary/aromatic N) is 3. The summed E-state index contributed by atoms with van der Waals surface area (Å²) in [6, 6.07) is 2.65. The summed E-state index contributed by atoms with van der Waals surface area (Å²) in [5, 5.41) is 5.88. The van der Waals surface area contributed by atoms with E-state index in [9.17, 15) is 18.0 Å². The van der Waals surface area contributed by atoms with Crippen LogP contribution in [0.15, 0.2) is 36.0 Å². The third-order valence-corrected chi connectivity index (χ3v) is 8.09. The van der Waals surface area contributed by atoms with Gasteiger partial charge in [-0.05, 0) is 52.7 Å². The van der Waals surface area contributed by atoms with Crippen LogP contribution in [0.2, 0.25) is 0 Å². The minimum atomic E-state index is -3.59. The van der Waals surface area contributed by atoms with Crippen LogP contribution in [0, 0.1) is 5.82 Å². The molecule has 214 valence electrons. The predicted molar refractivity (Wildman–Crippen MR) is 147 cm³/mol. The van der Waals surface area contributed by atoms with Gasteiger partial charge >= 0.3 is 6.09 Å². The number of anilines is 2. The van der Waals surface area contributed by atoms with Crippen LogP contribution in [-0.4, -0.2) is 52.8 Å². The van der Waals surface area contributed by atoms with Crippen molar-refractivity contribution in [2.45, 2.75) is 57.4 Å². The Hall–Kier alpha value is -3.85. The van der Waals surface area contributed by atoms with Crippen LogP contribution in [0.25, 0.3) is 11.3 Å². The van der Waals surface area contributed by atoms with E-state index in [0.29, 0.717) is 30.7 Å². The molecule has 1 atom stereocenters. The number of amides is 2. The van der Waals surface area contributed by atoms with Gasteiger partial charge in [-0.3, -0.25) is 14.5 Å². The fraction of sp³-hybridized carbons (Fsp3) is 0.400. The van der Waals surface area contributed by atoms with Crippen LogP contribution in [0.5, 0.6) is 5.88 Å². The van der Waals surface area contributed by atoms with Gasteiger partial charge in [0.15, 0.2) is 11.2 Å². The zero-order chi connectivity index (χ0) is 29.1. The van der Waals surface area contributed by atoms with Gasteiger partial charge in [0.2, 0.25) is 15.9 Å². The topological polar surface area (TPSA) is 162 Å². The first-order valence-corrected chi connectivity index (χ1v) is 14.8. The number of rotatable bonds is 10. The molecule has 3 aromatic rings. The van der Waals surface area contributed by atoms with Crippen molar-refractivity contribution in [2.75, 3.05) is 16.6 Å². The number of hydrogen-bond donors (Lipinski definition) is 3. The van der Waals surface area contributed by atoms with Crippen molar-refractivity contribution in [3.63, 3.8) is 0 Å². The maximum atomic E-state index is 15.1. The molecular weight excluding hydrogens is 563 g/mol. The monoisotopic (exact) mass is 592 g/mol. The lowest BCUT2D eigenvalue weighted by molar-refractivity contribution is -0.118. The molecule has 0 bridgehead atoms. The summed E-state index contributed by atoms with van der Waals surface area (Å²) in [5.74, 6) is -1.30. The van der Waals surface area contributed by atoms with Gasteiger partial charge in [0.25, 0.3) is 5.91 Å². The summed E-state index contributed by atoms with van der Waals surface area (Å²) in [6.07, 6.45) is 3.11. The maximum absolute atomic E-state index is 15.1. The number of thiazole rings is 1. The molecule has 3 N–H and O–H groups in total. The van der Waals surface area contributed by atoms with Crippen molar-refractivity contribution < 1.29 is 31.9 Å². The zero-order valence-corrected chi connectivity index (χ0v) is 23.9. The van der Waals surface area contributed by atoms with Crippen LogP contribution in [0.4, 0.5) is 20.0 Å². The second-order valence-corrected chi connectivity index (χ2v) is 12.7. The number of nitrogens with one attached hydrogen (secondary N) is 3. The number of carbonyl (C=O) groups is 2. The predicted octanol–water partition coefficient (Wildman–Crippen LogP) is 4.25. The van der Waals surface area contributed by atoms with E-state index in [4.69, 9.17) is 9.47 Å². The molecule has 40 heavy (non-hydrogen) atoms. The minimum absolute atomic E-state index is 0.0385. The molecule has 4 rings (SSSR count). The molecular formula is C25H29FN6O6S2. The SMILES string of the molecule is CCOc1cncc(-c2ccc(NC(=O)C(NC(=O)OC(C)(C)C)c3csc(NS(=O)(=O)C4CC4)n3)c(F)c2)n1. The maximum Gasteiger partial charge on any atom is 0.408 e. The fourth-order valence-corrected chi connectivity index (χ4v) is 5.77. The van der Waals surface area contributed by atoms with Gasteiger partial charge in [0.1, 0.15) is 11.4 Å². The molecule has 2 aromatic heterocycles. The molecule has 1 unspecified atom stereocenters. The quantitative estimate of drug-likeness (QED) is 0.313. The second kappa shape index (κ2) is 11.7. The largest absolute Gasteiger partial charge is 0.477 e. The summed E-state index contributed by atoms with van der Waals surface area (Å²) in [4.78, 5) is 38.3. The van der Waals surface area contributed by atoms with E-state index in [-0.39, 0.29) is 22.4 Å². The molecule has 1 aromatic carbocycles. The van der Waals surface area contributed by atoms with E-state index >= 15 is 4.39 Å². The van der Waals surface area contributed by atoms with Gasteiger partial charge in [0.05, 0.1) is 41.3 Å². The number of aromatic nitrogens is 3. The van der Waals surface area contributed by atoms with Crippen molar-refractivity contribution in [2.24, 2.45) is 0 Å². The van der Waals surface area contributed by atoms with Crippen LogP contribution in [-0.2, 0) is 19.6 Å². The van der Waals surface area contributed by atoms with Gasteiger partial charge < -0.3 is 20.1 Å². The van der Waals surface area contributed by atoms with E-state index in [1.54, 1.807) is 33.8 Å². The Balaban J connectivity index is 1.55. The molecule has 2 heterocycles. The lowest BCUT2D eigenvalue weighted by Crippen LogP contribution is -2.40. The van der Waals surface area contributed by atoms with Gasteiger partial charge in [-0.25, -0.2) is 27.6 Å². The third kappa shape index (κ3) is 7.63. The van der Waals surface area contributed by atoms with Crippen molar-refractivity contribution >= 4 is 44.2 Å². The molecule has 1 saturated carbocycles. The van der Waals surface area contributed by atoms with Gasteiger partial charge in [-0.1, -0.05) is 6.07 Å². The van der Waals surface area contributed by atoms with Crippen molar-refractivity contribution in [3.8, 4) is 17.1 Å². The highest BCUT2D eigenvalue weighted by molar-refractivity contribution is 7.93. The molecule has 1 fully saturated rings. The summed E-state index contributed by atoms with van der Waals surface area (Å²) in [7, 11) is -3.59. The van der Waals surface area contributed by atoms with Crippen LogP contribution >= 0.6 is 11.3 Å². The molecule has 1 aliphatic carbocycles. The van der Waals surface area contributed by atoms with Crippen molar-refractivity contribution in [3.05, 3.63) is 47.5 Å². The highest BCUT2D eigenvalue weighted by Crippen LogP contribution is 2.31. The van der Waals surface area contributed by atoms with Crippen LogP contribution < -0.4 is 20.1 Å². The second-order valence-electron chi connectivity index (χ2n) is 9.86. The lowest BCUT2D eigenvalue weighted by atomic mass is 10.1. The molecule has 1 aliphatic rings. The first-order chi connectivity index (χ1) is 18.8. The first kappa shape index (κ1) is 29.1. The molecule has 0 spiro atoms. The van der Waals surface area contributed by atoms with E-state index in [1.807, 2.05) is 0 Å². The third-order valence-electron chi connectivity index (χ3n) is 5.36. The van der Waals surface area contributed by atoms with Gasteiger partial charge in [-0.15, -0.1) is 11.3 Å². The highest BCUT2D eigenvalue weighted by atomic mass is 32.2. The van der Waals surface area contributed by atoms with Crippen LogP contribution in [0.1, 0.15) is 52.3 Å². The first-order valence-electron chi connectivity index (χ1n) is 12.4. The molecule has 2 amide bonds. The summed E-state index contributed by atoms with van der Waals surface area (Å²) in [6.45, 7) is 7.15. The molecule has 0 radical (unpaired) electrons. The van der Waals surface area contributed by atoms with Crippen molar-refractivity contribution in [1.29, 1.82) is 0 Å². The van der Waals surface area contributed by atoms with Gasteiger partial charge in [0, 0.05) is 10.9 Å². The van der Waals surface area contributed by atoms with E-state index < -0.39 is 44.7 Å². The minimum Gasteiger partial charge on any atom is -0.477 e. The van der Waals surface area contributed by atoms with E-state index in [0.717, 1.165) is 11.3 Å². The standard InChI is InChI=1S/C25H29FN6O6S2/c1-5-37-20-12-27-11-18(28-20)14-6-9-17(16(26)10-14)29-22(33)21(31-24(34)38-25(2,3)4)19-13-39-23(30-19)32-40(35,36)15-7-8-15/h6,9-13,15,21H,5,7-8H2,1-4H3,(H,29,33)(H,30,32)(H,31,34). The van der Waals surface area contributed by atoms with E-state index in [1.165, 1.54) is 29.9 Å². The van der Waals surface area contributed by atoms with Crippen LogP contribution in [0.3, 0.4) is 0 Å². The Morgan fingerprint density at radius 3 is 2.60 bits per heavy atom. The number of ether oxygens (including phenoxy) is 2. The Bertz CT molecular complexity index is 1500. The number of halogens is 1. The molecule has 0 aliphatic heterocycles. The number of benzene rings is 1. The fourth-order valence-electron chi connectivity index (χ4n) is 3.43. The van der Waals surface area contributed by atoms with Gasteiger partial charge in [-0.2, -0.15) is 0 Å². The summed E-state index contributed by atoms with van der Waals surface area (Å²) < 4.78 is 52.7. The number of hydrogen-bond acceptors (Lipinski definition) is 10. The highest BCUT2D eigenvalue weighted by Gasteiger charge is 2.36. The number of sulfonamides is 1. The summed E-state index contributed by atoms with van der Waals surface area (Å²) >= 11 is 0.950. The normalized spacial score (nSPS) is 14.2. The van der Waals surface area contributed by atoms with Crippen molar-refractivity contribution in [1.82, 2.24) is 20.3 Å². The Morgan fingerprint density at radius 2 is 1.95 bits per heavy atom. The summed E-state index contributed by atoms with van der Waals surface area (Å²) in [5.41, 5.74) is -0.205. The Kier molecular flexibility index (Phi) is 8.54.